The molecule has 5 N–H and O–H groups in total. The zero-order valence-corrected chi connectivity index (χ0v) is 15.5. The summed E-state index contributed by atoms with van der Waals surface area (Å²) in [6.45, 7) is 0.200. The van der Waals surface area contributed by atoms with E-state index in [0.29, 0.717) is 0 Å². The number of rotatable bonds is 7. The van der Waals surface area contributed by atoms with Crippen LogP contribution in [-0.2, 0) is 14.3 Å². The maximum Gasteiger partial charge on any atom is 0.322 e. The van der Waals surface area contributed by atoms with Crippen LogP contribution in [0.5, 0.6) is 0 Å². The molecule has 7 heteroatoms. The fraction of sp³-hybridized carbons (Fsp3) is 0.300. The van der Waals surface area contributed by atoms with E-state index in [1.807, 2.05) is 36.4 Å². The third-order valence-corrected chi connectivity index (χ3v) is 4.76. The molecule has 0 saturated carbocycles. The Labute approximate surface area is 163 Å². The van der Waals surface area contributed by atoms with Gasteiger partial charge in [0, 0.05) is 5.92 Å². The average Bonchev–Trinajstić information content (AvgIpc) is 2.97. The largest absolute Gasteiger partial charge is 0.480 e. The maximum atomic E-state index is 12.2. The number of carboxylic acids is 1. The number of benzene rings is 2. The van der Waals surface area contributed by atoms with Crippen molar-refractivity contribution in [2.45, 2.75) is 30.8 Å². The number of halogens is 1. The van der Waals surface area contributed by atoms with Crippen LogP contribution in [-0.4, -0.2) is 35.7 Å². The van der Waals surface area contributed by atoms with Gasteiger partial charge in [0.15, 0.2) is 0 Å². The number of hydrogen-bond acceptors (Lipinski definition) is 5. The number of carbonyl (C=O) groups excluding carboxylic acids is 1. The zero-order chi connectivity index (χ0) is 18.7. The van der Waals surface area contributed by atoms with Crippen molar-refractivity contribution in [1.82, 2.24) is 0 Å². The van der Waals surface area contributed by atoms with Crippen molar-refractivity contribution in [3.63, 3.8) is 0 Å². The average molecular weight is 391 g/mol. The first-order valence-corrected chi connectivity index (χ1v) is 8.58. The molecule has 1 aliphatic carbocycles. The zero-order valence-electron chi connectivity index (χ0n) is 14.7. The summed E-state index contributed by atoms with van der Waals surface area (Å²) in [6, 6.07) is 14.2. The highest BCUT2D eigenvalue weighted by molar-refractivity contribution is 5.85. The van der Waals surface area contributed by atoms with E-state index in [1.165, 1.54) is 0 Å². The topological polar surface area (TPSA) is 116 Å². The van der Waals surface area contributed by atoms with E-state index >= 15 is 0 Å². The second-order valence-corrected chi connectivity index (χ2v) is 6.49. The van der Waals surface area contributed by atoms with E-state index in [-0.39, 0.29) is 37.8 Å². The number of fused-ring (bicyclic) bond motifs is 3. The first-order chi connectivity index (χ1) is 12.5. The van der Waals surface area contributed by atoms with E-state index in [2.05, 4.69) is 12.1 Å². The molecule has 27 heavy (non-hydrogen) atoms. The Balaban J connectivity index is 0.00000261. The van der Waals surface area contributed by atoms with E-state index in [9.17, 15) is 9.59 Å². The predicted octanol–water partition coefficient (Wildman–Crippen LogP) is 2.28. The summed E-state index contributed by atoms with van der Waals surface area (Å²) in [4.78, 5) is 22.9. The number of ether oxygens (including phenoxy) is 1. The van der Waals surface area contributed by atoms with Crippen LogP contribution in [0, 0.1) is 0 Å². The minimum atomic E-state index is -1.11. The molecule has 0 amide bonds. The quantitative estimate of drug-likeness (QED) is 0.624. The molecular formula is C20H23ClN2O4. The number of nitrogens with two attached hydrogens (primary N) is 2. The van der Waals surface area contributed by atoms with Crippen LogP contribution < -0.4 is 11.5 Å². The number of carbonyl (C=O) groups is 2. The van der Waals surface area contributed by atoms with Crippen LogP contribution in [0.4, 0.5) is 0 Å². The van der Waals surface area contributed by atoms with E-state index < -0.39 is 24.0 Å². The number of esters is 1. The molecule has 0 aromatic heterocycles. The Hall–Kier alpha value is -2.41. The summed E-state index contributed by atoms with van der Waals surface area (Å²) in [5.74, 6) is -1.67. The Bertz CT molecular complexity index is 782. The maximum absolute atomic E-state index is 12.2. The molecule has 0 aliphatic heterocycles. The normalized spacial score (nSPS) is 14.4. The van der Waals surface area contributed by atoms with E-state index in [1.54, 1.807) is 0 Å². The highest BCUT2D eigenvalue weighted by Crippen LogP contribution is 2.44. The summed E-state index contributed by atoms with van der Waals surface area (Å²) >= 11 is 0. The van der Waals surface area contributed by atoms with Gasteiger partial charge in [-0.05, 0) is 35.1 Å². The van der Waals surface area contributed by atoms with Gasteiger partial charge in [-0.2, -0.15) is 0 Å². The molecule has 0 radical (unpaired) electrons. The van der Waals surface area contributed by atoms with E-state index in [0.717, 1.165) is 22.3 Å². The van der Waals surface area contributed by atoms with Gasteiger partial charge in [0.25, 0.3) is 0 Å². The number of carboxylic acid groups (broad SMARTS) is 1. The van der Waals surface area contributed by atoms with Crippen molar-refractivity contribution in [1.29, 1.82) is 0 Å². The Morgan fingerprint density at radius 2 is 1.41 bits per heavy atom. The van der Waals surface area contributed by atoms with Gasteiger partial charge in [-0.15, -0.1) is 12.4 Å². The molecule has 2 aromatic rings. The van der Waals surface area contributed by atoms with Crippen LogP contribution in [0.1, 0.15) is 29.9 Å². The summed E-state index contributed by atoms with van der Waals surface area (Å²) in [6.07, 6.45) is 0.296. The second kappa shape index (κ2) is 8.99. The fourth-order valence-corrected chi connectivity index (χ4v) is 3.31. The van der Waals surface area contributed by atoms with Gasteiger partial charge in [0.1, 0.15) is 18.7 Å². The minimum Gasteiger partial charge on any atom is -0.480 e. The van der Waals surface area contributed by atoms with Gasteiger partial charge < -0.3 is 21.3 Å². The van der Waals surface area contributed by atoms with Crippen molar-refractivity contribution >= 4 is 24.3 Å². The highest BCUT2D eigenvalue weighted by atomic mass is 35.5. The van der Waals surface area contributed by atoms with Crippen molar-refractivity contribution in [2.24, 2.45) is 11.5 Å². The van der Waals surface area contributed by atoms with Crippen LogP contribution in [0.3, 0.4) is 0 Å². The summed E-state index contributed by atoms with van der Waals surface area (Å²) in [5.41, 5.74) is 15.8. The molecule has 1 aliphatic rings. The molecule has 0 saturated heterocycles. The summed E-state index contributed by atoms with van der Waals surface area (Å²) in [7, 11) is 0. The Morgan fingerprint density at radius 1 is 0.926 bits per heavy atom. The van der Waals surface area contributed by atoms with Gasteiger partial charge in [0.2, 0.25) is 0 Å². The molecular weight excluding hydrogens is 368 g/mol. The van der Waals surface area contributed by atoms with Gasteiger partial charge in [-0.1, -0.05) is 48.5 Å². The SMILES string of the molecule is Cl.NC(CC[C@H](N)C(=O)O)C(=O)OCC1c2ccccc2-c2ccccc21. The lowest BCUT2D eigenvalue weighted by Crippen LogP contribution is -2.37. The first-order valence-electron chi connectivity index (χ1n) is 8.58. The summed E-state index contributed by atoms with van der Waals surface area (Å²) in [5, 5.41) is 8.78. The van der Waals surface area contributed by atoms with Crippen molar-refractivity contribution in [2.75, 3.05) is 6.61 Å². The Morgan fingerprint density at radius 3 is 1.93 bits per heavy atom. The number of hydrogen-bond donors (Lipinski definition) is 3. The van der Waals surface area contributed by atoms with Crippen molar-refractivity contribution in [3.8, 4) is 11.1 Å². The lowest BCUT2D eigenvalue weighted by atomic mass is 9.98. The molecule has 144 valence electrons. The standard InChI is InChI=1S/C20H22N2O4.ClH/c21-17(19(23)24)9-10-18(22)20(25)26-11-16-14-7-3-1-5-12(14)13-6-2-4-8-15(13)16;/h1-8,16-18H,9-11,21-22H2,(H,23,24);1H/t17-,18?;/m0./s1. The van der Waals surface area contributed by atoms with Gasteiger partial charge >= 0.3 is 11.9 Å². The lowest BCUT2D eigenvalue weighted by molar-refractivity contribution is -0.146. The molecule has 3 rings (SSSR count). The number of aliphatic carboxylic acids is 1. The van der Waals surface area contributed by atoms with Crippen LogP contribution in [0.2, 0.25) is 0 Å². The van der Waals surface area contributed by atoms with Gasteiger partial charge in [0.05, 0.1) is 0 Å². The molecule has 0 spiro atoms. The lowest BCUT2D eigenvalue weighted by Gasteiger charge is -2.17. The third-order valence-electron chi connectivity index (χ3n) is 4.76. The van der Waals surface area contributed by atoms with Gasteiger partial charge in [-0.25, -0.2) is 0 Å². The second-order valence-electron chi connectivity index (χ2n) is 6.49. The first kappa shape index (κ1) is 20.9. The Kier molecular flexibility index (Phi) is 6.96. The van der Waals surface area contributed by atoms with E-state index in [4.69, 9.17) is 21.3 Å². The molecule has 1 unspecified atom stereocenters. The molecule has 6 nitrogen and oxygen atoms in total. The monoisotopic (exact) mass is 390 g/mol. The third kappa shape index (κ3) is 4.47. The van der Waals surface area contributed by atoms with Crippen LogP contribution in [0.15, 0.2) is 48.5 Å². The van der Waals surface area contributed by atoms with Crippen molar-refractivity contribution < 1.29 is 19.4 Å². The predicted molar refractivity (Wildman–Crippen MR) is 105 cm³/mol. The molecule has 0 heterocycles. The molecule has 0 bridgehead atoms. The van der Waals surface area contributed by atoms with Crippen molar-refractivity contribution in [3.05, 3.63) is 59.7 Å². The van der Waals surface area contributed by atoms with Gasteiger partial charge in [-0.3, -0.25) is 9.59 Å². The molecule has 0 fully saturated rings. The summed E-state index contributed by atoms with van der Waals surface area (Å²) < 4.78 is 5.44. The fourth-order valence-electron chi connectivity index (χ4n) is 3.31. The smallest absolute Gasteiger partial charge is 0.322 e. The molecule has 2 aromatic carbocycles. The van der Waals surface area contributed by atoms with Crippen LogP contribution >= 0.6 is 12.4 Å². The van der Waals surface area contributed by atoms with Crippen LogP contribution in [0.25, 0.3) is 11.1 Å². The molecule has 2 atom stereocenters. The minimum absolute atomic E-state index is 0. The highest BCUT2D eigenvalue weighted by Gasteiger charge is 2.29.